The van der Waals surface area contributed by atoms with Gasteiger partial charge in [-0.25, -0.2) is 4.98 Å². The lowest BCUT2D eigenvalue weighted by atomic mass is 9.79. The normalized spacial score (nSPS) is 23.9. The average molecular weight is 339 g/mol. The first-order valence-electron chi connectivity index (χ1n) is 6.67. The van der Waals surface area contributed by atoms with Crippen molar-refractivity contribution < 1.29 is 0 Å². The third-order valence-corrected chi connectivity index (χ3v) is 5.44. The van der Waals surface area contributed by atoms with Crippen LogP contribution in [0.5, 0.6) is 0 Å². The molecule has 4 heteroatoms. The number of likely N-dealkylation sites (tertiary alicyclic amines) is 1. The molecule has 0 spiro atoms. The highest BCUT2D eigenvalue weighted by Gasteiger charge is 2.33. The molecular formula is C15H19BrN2S. The summed E-state index contributed by atoms with van der Waals surface area (Å²) in [4.78, 5) is 7.30. The molecule has 19 heavy (non-hydrogen) atoms. The Morgan fingerprint density at radius 2 is 2.21 bits per heavy atom. The topological polar surface area (TPSA) is 16.1 Å². The second-order valence-corrected chi connectivity index (χ2v) is 8.40. The third-order valence-electron chi connectivity index (χ3n) is 3.74. The number of piperidine rings is 1. The summed E-state index contributed by atoms with van der Waals surface area (Å²) in [5.41, 5.74) is 1.51. The van der Waals surface area contributed by atoms with E-state index in [4.69, 9.17) is 4.98 Å². The Balaban J connectivity index is 1.95. The van der Waals surface area contributed by atoms with Gasteiger partial charge < -0.3 is 4.90 Å². The van der Waals surface area contributed by atoms with Crippen LogP contribution in [0.2, 0.25) is 0 Å². The number of nitrogens with zero attached hydrogens (tertiary/aromatic N) is 2. The van der Waals surface area contributed by atoms with E-state index in [2.05, 4.69) is 59.9 Å². The first-order chi connectivity index (χ1) is 8.93. The van der Waals surface area contributed by atoms with Crippen LogP contribution in [0.25, 0.3) is 10.2 Å². The zero-order chi connectivity index (χ0) is 13.6. The summed E-state index contributed by atoms with van der Waals surface area (Å²) in [6.07, 6.45) is 1.23. The SMILES string of the molecule is CN1CC(c2nc3cc(Br)ccc3s2)CC(C)(C)C1. The maximum Gasteiger partial charge on any atom is 0.0982 e. The molecule has 0 saturated carbocycles. The van der Waals surface area contributed by atoms with Crippen LogP contribution in [0.1, 0.15) is 31.2 Å². The quantitative estimate of drug-likeness (QED) is 0.760. The molecule has 0 amide bonds. The molecule has 2 heterocycles. The third kappa shape index (κ3) is 2.86. The van der Waals surface area contributed by atoms with Gasteiger partial charge in [0.1, 0.15) is 0 Å². The van der Waals surface area contributed by atoms with E-state index >= 15 is 0 Å². The summed E-state index contributed by atoms with van der Waals surface area (Å²) < 4.78 is 2.40. The molecule has 1 saturated heterocycles. The van der Waals surface area contributed by atoms with Gasteiger partial charge in [0.05, 0.1) is 15.2 Å². The average Bonchev–Trinajstić information content (AvgIpc) is 2.69. The van der Waals surface area contributed by atoms with E-state index in [0.29, 0.717) is 11.3 Å². The van der Waals surface area contributed by atoms with Crippen LogP contribution >= 0.6 is 27.3 Å². The predicted molar refractivity (Wildman–Crippen MR) is 86.0 cm³/mol. The Morgan fingerprint density at radius 3 is 2.95 bits per heavy atom. The van der Waals surface area contributed by atoms with Crippen LogP contribution < -0.4 is 0 Å². The Bertz CT molecular complexity index is 605. The van der Waals surface area contributed by atoms with Crippen molar-refractivity contribution in [1.82, 2.24) is 9.88 Å². The maximum atomic E-state index is 4.86. The number of thiazole rings is 1. The van der Waals surface area contributed by atoms with Gasteiger partial charge in [-0.1, -0.05) is 29.8 Å². The zero-order valence-corrected chi connectivity index (χ0v) is 14.0. The Hall–Kier alpha value is -0.450. The standard InChI is InChI=1S/C15H19BrN2S/c1-15(2)7-10(8-18(3)9-15)14-17-12-6-11(16)4-5-13(12)19-14/h4-6,10H,7-9H2,1-3H3. The number of hydrogen-bond acceptors (Lipinski definition) is 3. The van der Waals surface area contributed by atoms with Crippen molar-refractivity contribution >= 4 is 37.5 Å². The van der Waals surface area contributed by atoms with Crippen LogP contribution in [0.15, 0.2) is 22.7 Å². The van der Waals surface area contributed by atoms with Crippen LogP contribution in [0, 0.1) is 5.41 Å². The Kier molecular flexibility index (Phi) is 3.44. The molecule has 0 N–H and O–H groups in total. The fraction of sp³-hybridized carbons (Fsp3) is 0.533. The number of aromatic nitrogens is 1. The number of benzene rings is 1. The van der Waals surface area contributed by atoms with Gasteiger partial charge in [-0.15, -0.1) is 11.3 Å². The largest absolute Gasteiger partial charge is 0.305 e. The van der Waals surface area contributed by atoms with Crippen LogP contribution in [0.3, 0.4) is 0 Å². The molecule has 2 nitrogen and oxygen atoms in total. The lowest BCUT2D eigenvalue weighted by Gasteiger charge is -2.40. The molecule has 1 atom stereocenters. The number of fused-ring (bicyclic) bond motifs is 1. The summed E-state index contributed by atoms with van der Waals surface area (Å²) >= 11 is 5.38. The van der Waals surface area contributed by atoms with Crippen molar-refractivity contribution in [2.45, 2.75) is 26.2 Å². The van der Waals surface area contributed by atoms with Crippen molar-refractivity contribution in [2.24, 2.45) is 5.41 Å². The van der Waals surface area contributed by atoms with E-state index in [1.54, 1.807) is 0 Å². The molecule has 2 aromatic rings. The summed E-state index contributed by atoms with van der Waals surface area (Å²) in [6.45, 7) is 7.03. The maximum absolute atomic E-state index is 4.86. The summed E-state index contributed by atoms with van der Waals surface area (Å²) in [5.74, 6) is 0.574. The number of likely N-dealkylation sites (N-methyl/N-ethyl adjacent to an activating group) is 1. The van der Waals surface area contributed by atoms with Gasteiger partial charge >= 0.3 is 0 Å². The number of hydrogen-bond donors (Lipinski definition) is 0. The molecular weight excluding hydrogens is 320 g/mol. The summed E-state index contributed by atoms with van der Waals surface area (Å²) in [7, 11) is 2.22. The minimum atomic E-state index is 0.385. The molecule has 0 radical (unpaired) electrons. The minimum absolute atomic E-state index is 0.385. The van der Waals surface area contributed by atoms with E-state index in [1.165, 1.54) is 22.7 Å². The highest BCUT2D eigenvalue weighted by molar-refractivity contribution is 9.10. The fourth-order valence-electron chi connectivity index (χ4n) is 3.23. The fourth-order valence-corrected chi connectivity index (χ4v) is 4.61. The molecule has 1 aromatic heterocycles. The first-order valence-corrected chi connectivity index (χ1v) is 8.28. The van der Waals surface area contributed by atoms with Crippen LogP contribution in [-0.4, -0.2) is 30.0 Å². The second kappa shape index (κ2) is 4.83. The smallest absolute Gasteiger partial charge is 0.0982 e. The van der Waals surface area contributed by atoms with E-state index in [-0.39, 0.29) is 0 Å². The lowest BCUT2D eigenvalue weighted by Crippen LogP contribution is -2.41. The second-order valence-electron chi connectivity index (χ2n) is 6.43. The van der Waals surface area contributed by atoms with Gasteiger partial charge in [-0.2, -0.15) is 0 Å². The van der Waals surface area contributed by atoms with Crippen molar-refractivity contribution in [3.63, 3.8) is 0 Å². The predicted octanol–water partition coefficient (Wildman–Crippen LogP) is 4.50. The molecule has 1 unspecified atom stereocenters. The molecule has 0 bridgehead atoms. The monoisotopic (exact) mass is 338 g/mol. The Morgan fingerprint density at radius 1 is 1.42 bits per heavy atom. The van der Waals surface area contributed by atoms with Gasteiger partial charge in [0.15, 0.2) is 0 Å². The van der Waals surface area contributed by atoms with E-state index in [0.717, 1.165) is 16.5 Å². The van der Waals surface area contributed by atoms with E-state index in [9.17, 15) is 0 Å². The van der Waals surface area contributed by atoms with Crippen LogP contribution in [0.4, 0.5) is 0 Å². The number of halogens is 1. The first kappa shape index (κ1) is 13.5. The van der Waals surface area contributed by atoms with Crippen molar-refractivity contribution in [1.29, 1.82) is 0 Å². The van der Waals surface area contributed by atoms with Gasteiger partial charge in [-0.05, 0) is 37.1 Å². The lowest BCUT2D eigenvalue weighted by molar-refractivity contribution is 0.123. The van der Waals surface area contributed by atoms with Crippen molar-refractivity contribution in [3.05, 3.63) is 27.7 Å². The van der Waals surface area contributed by atoms with Gasteiger partial charge in [0, 0.05) is 23.5 Å². The van der Waals surface area contributed by atoms with Gasteiger partial charge in [0.25, 0.3) is 0 Å². The highest BCUT2D eigenvalue weighted by atomic mass is 79.9. The molecule has 1 aromatic carbocycles. The minimum Gasteiger partial charge on any atom is -0.305 e. The van der Waals surface area contributed by atoms with Crippen LogP contribution in [-0.2, 0) is 0 Å². The highest BCUT2D eigenvalue weighted by Crippen LogP contribution is 2.39. The van der Waals surface area contributed by atoms with E-state index in [1.807, 2.05) is 11.3 Å². The van der Waals surface area contributed by atoms with Crippen molar-refractivity contribution in [2.75, 3.05) is 20.1 Å². The summed E-state index contributed by atoms with van der Waals surface area (Å²) in [6, 6.07) is 6.38. The van der Waals surface area contributed by atoms with Crippen molar-refractivity contribution in [3.8, 4) is 0 Å². The summed E-state index contributed by atoms with van der Waals surface area (Å²) in [5, 5.41) is 1.30. The Labute approximate surface area is 127 Å². The molecule has 102 valence electrons. The molecule has 1 aliphatic rings. The molecule has 1 aliphatic heterocycles. The molecule has 1 fully saturated rings. The van der Waals surface area contributed by atoms with E-state index < -0.39 is 0 Å². The van der Waals surface area contributed by atoms with Gasteiger partial charge in [0.2, 0.25) is 0 Å². The molecule has 3 rings (SSSR count). The zero-order valence-electron chi connectivity index (χ0n) is 11.6. The number of rotatable bonds is 1. The van der Waals surface area contributed by atoms with Gasteiger partial charge in [-0.3, -0.25) is 0 Å². The molecule has 0 aliphatic carbocycles.